The van der Waals surface area contributed by atoms with E-state index in [-0.39, 0.29) is 5.75 Å². The number of aromatic hydroxyl groups is 1. The number of fused-ring (bicyclic) bond motifs is 3. The molecule has 28 heavy (non-hydrogen) atoms. The van der Waals surface area contributed by atoms with Crippen molar-refractivity contribution in [1.82, 2.24) is 15.2 Å². The van der Waals surface area contributed by atoms with E-state index in [1.54, 1.807) is 30.0 Å². The van der Waals surface area contributed by atoms with Crippen LogP contribution in [0.4, 0.5) is 5.69 Å². The number of benzene rings is 2. The predicted octanol–water partition coefficient (Wildman–Crippen LogP) is 5.03. The zero-order chi connectivity index (χ0) is 19.3. The van der Waals surface area contributed by atoms with Crippen molar-refractivity contribution >= 4 is 17.4 Å². The summed E-state index contributed by atoms with van der Waals surface area (Å²) in [5, 5.41) is 22.6. The molecular weight excluding hydrogens is 372 g/mol. The molecule has 0 radical (unpaired) electrons. The maximum atomic E-state index is 9.86. The summed E-state index contributed by atoms with van der Waals surface area (Å²) in [7, 11) is 0. The minimum Gasteiger partial charge on any atom is -0.508 e. The summed E-state index contributed by atoms with van der Waals surface area (Å²) < 4.78 is 6.20. The molecule has 0 aliphatic carbocycles. The van der Waals surface area contributed by atoms with E-state index in [1.165, 1.54) is 12.8 Å². The summed E-state index contributed by atoms with van der Waals surface area (Å²) >= 11 is 1.60. The van der Waals surface area contributed by atoms with Crippen molar-refractivity contribution in [1.29, 1.82) is 0 Å². The van der Waals surface area contributed by atoms with Gasteiger partial charge in [-0.25, -0.2) is 0 Å². The number of thioether (sulfide) groups is 1. The van der Waals surface area contributed by atoms with Crippen molar-refractivity contribution in [2.24, 2.45) is 0 Å². The van der Waals surface area contributed by atoms with Crippen LogP contribution in [0.15, 0.2) is 53.7 Å². The van der Waals surface area contributed by atoms with Crippen LogP contribution in [-0.4, -0.2) is 26.0 Å². The second-order valence-electron chi connectivity index (χ2n) is 6.59. The van der Waals surface area contributed by atoms with Crippen molar-refractivity contribution in [3.63, 3.8) is 0 Å². The van der Waals surface area contributed by atoms with Crippen LogP contribution in [0.2, 0.25) is 0 Å². The standard InChI is InChI=1S/C21H22N4O2S/c1-2-3-6-12-28-21-23-20-18(24-25-21)16-10-4-5-11-17(16)22-19(27-20)14-8-7-9-15(26)13-14/h4-5,7-11,13,19,22,26H,2-3,6,12H2,1H3. The molecule has 144 valence electrons. The molecule has 3 aromatic rings. The molecule has 0 saturated heterocycles. The topological polar surface area (TPSA) is 80.2 Å². The largest absolute Gasteiger partial charge is 0.508 e. The van der Waals surface area contributed by atoms with Crippen LogP contribution in [0.1, 0.15) is 38.0 Å². The number of ether oxygens (including phenoxy) is 1. The first-order valence-electron chi connectivity index (χ1n) is 9.43. The van der Waals surface area contributed by atoms with Gasteiger partial charge >= 0.3 is 0 Å². The third-order valence-corrected chi connectivity index (χ3v) is 5.41. The SMILES string of the molecule is CCCCCSc1nnc2c(n1)OC(c1cccc(O)c1)Nc1ccccc1-2. The van der Waals surface area contributed by atoms with Crippen LogP contribution in [0.25, 0.3) is 11.3 Å². The van der Waals surface area contributed by atoms with Crippen LogP contribution >= 0.6 is 11.8 Å². The molecule has 0 amide bonds. The van der Waals surface area contributed by atoms with Gasteiger partial charge in [-0.05, 0) is 24.6 Å². The van der Waals surface area contributed by atoms with Crippen molar-refractivity contribution in [3.8, 4) is 22.9 Å². The van der Waals surface area contributed by atoms with Crippen molar-refractivity contribution in [3.05, 3.63) is 54.1 Å². The number of anilines is 1. The van der Waals surface area contributed by atoms with E-state index in [0.29, 0.717) is 16.7 Å². The molecule has 0 spiro atoms. The number of unbranched alkanes of at least 4 members (excludes halogenated alkanes) is 2. The lowest BCUT2D eigenvalue weighted by atomic mass is 10.1. The number of phenolic OH excluding ortho intramolecular Hbond substituents is 1. The van der Waals surface area contributed by atoms with Gasteiger partial charge in [0.1, 0.15) is 5.75 Å². The number of nitrogens with zero attached hydrogens (tertiary/aromatic N) is 3. The molecule has 1 aliphatic heterocycles. The number of nitrogens with one attached hydrogen (secondary N) is 1. The summed E-state index contributed by atoms with van der Waals surface area (Å²) in [6.07, 6.45) is 3.00. The van der Waals surface area contributed by atoms with Crippen molar-refractivity contribution in [2.45, 2.75) is 37.6 Å². The zero-order valence-electron chi connectivity index (χ0n) is 15.6. The third kappa shape index (κ3) is 4.04. The van der Waals surface area contributed by atoms with Gasteiger partial charge < -0.3 is 15.2 Å². The van der Waals surface area contributed by atoms with Gasteiger partial charge in [-0.3, -0.25) is 0 Å². The maximum Gasteiger partial charge on any atom is 0.247 e. The molecule has 0 bridgehead atoms. The van der Waals surface area contributed by atoms with Gasteiger partial charge in [0.05, 0.1) is 0 Å². The second-order valence-corrected chi connectivity index (χ2v) is 7.65. The maximum absolute atomic E-state index is 9.86. The first-order chi connectivity index (χ1) is 13.7. The highest BCUT2D eigenvalue weighted by molar-refractivity contribution is 7.99. The molecule has 1 aromatic heterocycles. The first-order valence-corrected chi connectivity index (χ1v) is 10.4. The normalized spacial score (nSPS) is 15.0. The van der Waals surface area contributed by atoms with Crippen LogP contribution in [-0.2, 0) is 0 Å². The van der Waals surface area contributed by atoms with Gasteiger partial charge in [-0.15, -0.1) is 10.2 Å². The van der Waals surface area contributed by atoms with E-state index < -0.39 is 6.23 Å². The average molecular weight is 395 g/mol. The molecule has 6 nitrogen and oxygen atoms in total. The van der Waals surface area contributed by atoms with E-state index in [1.807, 2.05) is 30.3 Å². The van der Waals surface area contributed by atoms with Gasteiger partial charge in [-0.2, -0.15) is 4.98 Å². The second kappa shape index (κ2) is 8.48. The van der Waals surface area contributed by atoms with E-state index in [0.717, 1.165) is 29.0 Å². The van der Waals surface area contributed by atoms with Crippen LogP contribution in [0, 0.1) is 0 Å². The molecular formula is C21H22N4O2S. The van der Waals surface area contributed by atoms with Gasteiger partial charge in [-0.1, -0.05) is 61.9 Å². The van der Waals surface area contributed by atoms with E-state index in [2.05, 4.69) is 27.4 Å². The van der Waals surface area contributed by atoms with Crippen molar-refractivity contribution < 1.29 is 9.84 Å². The van der Waals surface area contributed by atoms with Crippen molar-refractivity contribution in [2.75, 3.05) is 11.1 Å². The fourth-order valence-corrected chi connectivity index (χ4v) is 3.84. The minimum atomic E-state index is -0.496. The highest BCUT2D eigenvalue weighted by Crippen LogP contribution is 2.39. The Morgan fingerprint density at radius 3 is 2.86 bits per heavy atom. The molecule has 1 unspecified atom stereocenters. The minimum absolute atomic E-state index is 0.189. The fourth-order valence-electron chi connectivity index (χ4n) is 3.06. The molecule has 1 aliphatic rings. The third-order valence-electron chi connectivity index (χ3n) is 4.49. The quantitative estimate of drug-likeness (QED) is 0.448. The molecule has 0 fully saturated rings. The summed E-state index contributed by atoms with van der Waals surface area (Å²) in [6.45, 7) is 2.19. The molecule has 2 heterocycles. The summed E-state index contributed by atoms with van der Waals surface area (Å²) in [4.78, 5) is 4.63. The highest BCUT2D eigenvalue weighted by Gasteiger charge is 2.26. The molecule has 7 heteroatoms. The lowest BCUT2D eigenvalue weighted by Crippen LogP contribution is -2.17. The molecule has 4 rings (SSSR count). The van der Waals surface area contributed by atoms with Crippen LogP contribution in [0.5, 0.6) is 11.6 Å². The number of aromatic nitrogens is 3. The summed E-state index contributed by atoms with van der Waals surface area (Å²) in [5.74, 6) is 1.59. The van der Waals surface area contributed by atoms with Gasteiger partial charge in [0, 0.05) is 22.6 Å². The Morgan fingerprint density at radius 1 is 1.11 bits per heavy atom. The Hall–Kier alpha value is -2.80. The van der Waals surface area contributed by atoms with Crippen LogP contribution in [0.3, 0.4) is 0 Å². The summed E-state index contributed by atoms with van der Waals surface area (Å²) in [6, 6.07) is 14.9. The van der Waals surface area contributed by atoms with E-state index in [4.69, 9.17) is 4.74 Å². The Morgan fingerprint density at radius 2 is 2.00 bits per heavy atom. The van der Waals surface area contributed by atoms with Gasteiger partial charge in [0.2, 0.25) is 11.0 Å². The smallest absolute Gasteiger partial charge is 0.247 e. The Balaban J connectivity index is 1.69. The van der Waals surface area contributed by atoms with E-state index in [9.17, 15) is 5.11 Å². The fraction of sp³-hybridized carbons (Fsp3) is 0.286. The predicted molar refractivity (Wildman–Crippen MR) is 111 cm³/mol. The van der Waals surface area contributed by atoms with Gasteiger partial charge in [0.15, 0.2) is 11.9 Å². The summed E-state index contributed by atoms with van der Waals surface area (Å²) in [5.41, 5.74) is 3.19. The van der Waals surface area contributed by atoms with Gasteiger partial charge in [0.25, 0.3) is 0 Å². The number of para-hydroxylation sites is 1. The molecule has 0 saturated carbocycles. The Bertz CT molecular complexity index is 967. The lowest BCUT2D eigenvalue weighted by molar-refractivity contribution is 0.225. The number of hydrogen-bond acceptors (Lipinski definition) is 7. The van der Waals surface area contributed by atoms with Crippen LogP contribution < -0.4 is 10.1 Å². The number of rotatable bonds is 6. The Kier molecular flexibility index (Phi) is 5.62. The number of hydrogen-bond donors (Lipinski definition) is 2. The monoisotopic (exact) mass is 394 g/mol. The van der Waals surface area contributed by atoms with E-state index >= 15 is 0 Å². The molecule has 2 N–H and O–H groups in total. The average Bonchev–Trinajstić information content (AvgIpc) is 2.88. The molecule has 1 atom stereocenters. The number of phenols is 1. The zero-order valence-corrected chi connectivity index (χ0v) is 16.4. The Labute approximate surface area is 168 Å². The lowest BCUT2D eigenvalue weighted by Gasteiger charge is -2.19. The first kappa shape index (κ1) is 18.6. The highest BCUT2D eigenvalue weighted by atomic mass is 32.2. The molecule has 2 aromatic carbocycles.